The van der Waals surface area contributed by atoms with E-state index in [1.54, 1.807) is 0 Å². The summed E-state index contributed by atoms with van der Waals surface area (Å²) >= 11 is 0. The topological polar surface area (TPSA) is 0 Å². The van der Waals surface area contributed by atoms with E-state index in [0.717, 1.165) is 12.1 Å². The van der Waals surface area contributed by atoms with E-state index in [9.17, 15) is 8.78 Å². The van der Waals surface area contributed by atoms with Gasteiger partial charge in [-0.1, -0.05) is 13.8 Å². The fraction of sp³-hybridized carbons (Fsp3) is 0.222. The predicted molar refractivity (Wildman–Crippen MR) is 43.0 cm³/mol. The second kappa shape index (κ2) is 11.7. The molecule has 0 heterocycles. The summed E-state index contributed by atoms with van der Waals surface area (Å²) in [6.45, 7) is 4.00. The predicted octanol–water partition coefficient (Wildman–Crippen LogP) is 0.245. The van der Waals surface area contributed by atoms with E-state index >= 15 is 0 Å². The maximum atomic E-state index is 11.9. The Kier molecular flexibility index (Phi) is 18.1. The van der Waals surface area contributed by atoms with Crippen LogP contribution in [0.5, 0.6) is 0 Å². The minimum atomic E-state index is -0.854. The van der Waals surface area contributed by atoms with Crippen LogP contribution in [0.4, 0.5) is 8.78 Å². The number of hydrogen-bond acceptors (Lipinski definition) is 0. The Morgan fingerprint density at radius 1 is 1.17 bits per heavy atom. The molecule has 0 aliphatic rings. The summed E-state index contributed by atoms with van der Waals surface area (Å²) < 4.78 is 23.8. The smallest absolute Gasteiger partial charge is 0.358 e. The van der Waals surface area contributed by atoms with Crippen LogP contribution in [0.25, 0.3) is 0 Å². The Morgan fingerprint density at radius 3 is 1.92 bits per heavy atom. The summed E-state index contributed by atoms with van der Waals surface area (Å²) in [5.74, 6) is -1.68. The van der Waals surface area contributed by atoms with Crippen molar-refractivity contribution in [3.05, 3.63) is 43.3 Å². The van der Waals surface area contributed by atoms with Gasteiger partial charge in [0.25, 0.3) is 0 Å². The first-order valence-corrected chi connectivity index (χ1v) is 3.12. The van der Waals surface area contributed by atoms with Crippen molar-refractivity contribution in [3.8, 4) is 0 Å². The second-order valence-corrected chi connectivity index (χ2v) is 1.34. The summed E-state index contributed by atoms with van der Waals surface area (Å²) in [6, 6.07) is 5.68. The van der Waals surface area contributed by atoms with Crippen molar-refractivity contribution in [1.82, 2.24) is 0 Å². The molecule has 0 amide bonds. The molecule has 0 nitrogen and oxygen atoms in total. The van der Waals surface area contributed by atoms with Crippen molar-refractivity contribution < 1.29 is 60.2 Å². The number of halogens is 2. The van der Waals surface area contributed by atoms with E-state index in [2.05, 4.69) is 6.07 Å². The first-order valence-electron chi connectivity index (χ1n) is 3.12. The summed E-state index contributed by atoms with van der Waals surface area (Å²) in [5.41, 5.74) is 0. The Bertz CT molecular complexity index is 169. The SMILES string of the molecule is CC.Fc1c[c-]ccc1F.[CH3-].[K+]. The standard InChI is InChI=1S/C6H3F2.C2H6.CH3.K/c7-5-3-1-2-4-6(5)8;1-2;;/h1,3-4H;1-2H3;1H3;/q-1;;-1;+1. The van der Waals surface area contributed by atoms with Crippen molar-refractivity contribution in [2.75, 3.05) is 0 Å². The van der Waals surface area contributed by atoms with Crippen molar-refractivity contribution in [2.45, 2.75) is 13.8 Å². The van der Waals surface area contributed by atoms with Crippen molar-refractivity contribution >= 4 is 0 Å². The monoisotopic (exact) mass is 197 g/mol. The number of benzene rings is 1. The maximum absolute atomic E-state index is 11.9. The fourth-order valence-corrected chi connectivity index (χ4v) is 0.391. The Hall–Kier alpha value is 0.716. The molecule has 0 saturated heterocycles. The average Bonchev–Trinajstić information content (AvgIpc) is 2.00. The first kappa shape index (κ1) is 18.5. The number of hydrogen-bond donors (Lipinski definition) is 0. The van der Waals surface area contributed by atoms with Crippen LogP contribution in [0, 0.1) is 25.1 Å². The third-order valence-electron chi connectivity index (χ3n) is 0.764. The van der Waals surface area contributed by atoms with Gasteiger partial charge in [0, 0.05) is 11.6 Å². The van der Waals surface area contributed by atoms with Crippen LogP contribution in [0.3, 0.4) is 0 Å². The van der Waals surface area contributed by atoms with E-state index in [4.69, 9.17) is 0 Å². The zero-order valence-corrected chi connectivity index (χ0v) is 11.1. The molecule has 0 fully saturated rings. The van der Waals surface area contributed by atoms with Gasteiger partial charge in [0.15, 0.2) is 0 Å². The molecule has 0 saturated carbocycles. The molecule has 1 aromatic rings. The molecule has 0 aromatic heterocycles. The largest absolute Gasteiger partial charge is 1.00 e. The molecule has 12 heavy (non-hydrogen) atoms. The molecule has 0 aliphatic heterocycles. The molecule has 0 unspecified atom stereocenters. The van der Waals surface area contributed by atoms with Gasteiger partial charge >= 0.3 is 51.4 Å². The van der Waals surface area contributed by atoms with Gasteiger partial charge in [-0.25, -0.2) is 4.39 Å². The van der Waals surface area contributed by atoms with Crippen LogP contribution >= 0.6 is 0 Å². The first-order chi connectivity index (χ1) is 4.80. The summed E-state index contributed by atoms with van der Waals surface area (Å²) in [4.78, 5) is 0. The second-order valence-electron chi connectivity index (χ2n) is 1.34. The van der Waals surface area contributed by atoms with Crippen molar-refractivity contribution in [1.29, 1.82) is 0 Å². The molecular formula is C9H12F2K-. The Balaban J connectivity index is -0.000000189. The van der Waals surface area contributed by atoms with Gasteiger partial charge in [-0.05, 0) is 0 Å². The Labute approximate surface area is 116 Å². The quantitative estimate of drug-likeness (QED) is 0.413. The zero-order valence-electron chi connectivity index (χ0n) is 7.99. The minimum absolute atomic E-state index is 0. The molecule has 0 radical (unpaired) electrons. The Morgan fingerprint density at radius 2 is 1.67 bits per heavy atom. The summed E-state index contributed by atoms with van der Waals surface area (Å²) in [6.07, 6.45) is 0. The summed E-state index contributed by atoms with van der Waals surface area (Å²) in [5, 5.41) is 0. The van der Waals surface area contributed by atoms with Crippen LogP contribution in [0.2, 0.25) is 0 Å². The molecule has 0 atom stereocenters. The zero-order chi connectivity index (χ0) is 7.98. The van der Waals surface area contributed by atoms with Gasteiger partial charge in [-0.2, -0.15) is 12.1 Å². The third kappa shape index (κ3) is 7.37. The average molecular weight is 197 g/mol. The van der Waals surface area contributed by atoms with Crippen LogP contribution in [-0.4, -0.2) is 0 Å². The van der Waals surface area contributed by atoms with E-state index in [0.29, 0.717) is 0 Å². The van der Waals surface area contributed by atoms with Crippen molar-refractivity contribution in [2.24, 2.45) is 0 Å². The summed E-state index contributed by atoms with van der Waals surface area (Å²) in [7, 11) is 0. The van der Waals surface area contributed by atoms with Crippen LogP contribution in [0.15, 0.2) is 18.2 Å². The molecule has 0 spiro atoms. The minimum Gasteiger partial charge on any atom is -0.358 e. The number of rotatable bonds is 0. The molecule has 1 aromatic carbocycles. The fourth-order valence-electron chi connectivity index (χ4n) is 0.391. The third-order valence-corrected chi connectivity index (χ3v) is 0.764. The van der Waals surface area contributed by atoms with Crippen LogP contribution < -0.4 is 51.4 Å². The van der Waals surface area contributed by atoms with E-state index in [-0.39, 0.29) is 58.8 Å². The van der Waals surface area contributed by atoms with Crippen LogP contribution in [0.1, 0.15) is 13.8 Å². The van der Waals surface area contributed by atoms with Gasteiger partial charge in [0.1, 0.15) is 0 Å². The van der Waals surface area contributed by atoms with Gasteiger partial charge in [0.05, 0.1) is 0 Å². The van der Waals surface area contributed by atoms with Gasteiger partial charge in [-0.15, -0.1) is 12.1 Å². The molecule has 0 bridgehead atoms. The molecule has 3 heteroatoms. The normalized spacial score (nSPS) is 6.67. The molecule has 0 aliphatic carbocycles. The van der Waals surface area contributed by atoms with Gasteiger partial charge < -0.3 is 7.43 Å². The van der Waals surface area contributed by atoms with E-state index < -0.39 is 11.6 Å². The van der Waals surface area contributed by atoms with E-state index in [1.807, 2.05) is 13.8 Å². The van der Waals surface area contributed by atoms with E-state index in [1.165, 1.54) is 6.07 Å². The molecular weight excluding hydrogens is 185 g/mol. The van der Waals surface area contributed by atoms with Gasteiger partial charge in [0.2, 0.25) is 0 Å². The molecule has 0 N–H and O–H groups in total. The molecule has 64 valence electrons. The van der Waals surface area contributed by atoms with Gasteiger partial charge in [-0.3, -0.25) is 4.39 Å². The van der Waals surface area contributed by atoms with Crippen LogP contribution in [-0.2, 0) is 0 Å². The van der Waals surface area contributed by atoms with Crippen molar-refractivity contribution in [3.63, 3.8) is 0 Å². The maximum Gasteiger partial charge on any atom is 1.00 e. The molecule has 1 rings (SSSR count).